The fourth-order valence-electron chi connectivity index (χ4n) is 1.72. The molecule has 4 heteroatoms. The van der Waals surface area contributed by atoms with Crippen molar-refractivity contribution in [2.45, 2.75) is 6.42 Å². The van der Waals surface area contributed by atoms with Gasteiger partial charge in [0.15, 0.2) is 0 Å². The highest BCUT2D eigenvalue weighted by atomic mass is 32.1. The molecule has 1 heterocycles. The molecule has 0 bridgehead atoms. The van der Waals surface area contributed by atoms with Crippen LogP contribution in [0.5, 0.6) is 0 Å². The van der Waals surface area contributed by atoms with Crippen LogP contribution in [-0.2, 0) is 6.42 Å². The zero-order valence-electron chi connectivity index (χ0n) is 10.1. The van der Waals surface area contributed by atoms with E-state index in [1.165, 1.54) is 17.0 Å². The highest BCUT2D eigenvalue weighted by molar-refractivity contribution is 7.09. The maximum atomic E-state index is 13.3. The van der Waals surface area contributed by atoms with Crippen molar-refractivity contribution in [1.29, 1.82) is 5.26 Å². The van der Waals surface area contributed by atoms with Crippen molar-refractivity contribution < 1.29 is 4.39 Å². The Morgan fingerprint density at radius 1 is 1.39 bits per heavy atom. The summed E-state index contributed by atoms with van der Waals surface area (Å²) in [5.41, 5.74) is 1.09. The van der Waals surface area contributed by atoms with E-state index in [0.717, 1.165) is 18.7 Å². The highest BCUT2D eigenvalue weighted by Crippen LogP contribution is 2.18. The van der Waals surface area contributed by atoms with Crippen molar-refractivity contribution in [2.75, 3.05) is 18.5 Å². The minimum absolute atomic E-state index is 0.355. The Morgan fingerprint density at radius 3 is 2.89 bits per heavy atom. The Labute approximate surface area is 110 Å². The van der Waals surface area contributed by atoms with Crippen LogP contribution in [0.1, 0.15) is 10.4 Å². The number of hydrogen-bond donors (Lipinski definition) is 0. The summed E-state index contributed by atoms with van der Waals surface area (Å²) in [7, 11) is 1.91. The summed E-state index contributed by atoms with van der Waals surface area (Å²) in [6, 6.07) is 10.5. The van der Waals surface area contributed by atoms with E-state index in [1.807, 2.05) is 29.5 Å². The first-order chi connectivity index (χ1) is 8.69. The lowest BCUT2D eigenvalue weighted by Crippen LogP contribution is -2.20. The van der Waals surface area contributed by atoms with Gasteiger partial charge >= 0.3 is 0 Å². The summed E-state index contributed by atoms with van der Waals surface area (Å²) in [4.78, 5) is 3.27. The quantitative estimate of drug-likeness (QED) is 0.842. The number of thiophene rings is 1. The van der Waals surface area contributed by atoms with Crippen LogP contribution in [0.25, 0.3) is 0 Å². The van der Waals surface area contributed by atoms with E-state index in [9.17, 15) is 4.39 Å². The van der Waals surface area contributed by atoms with E-state index in [4.69, 9.17) is 5.26 Å². The van der Waals surface area contributed by atoms with Crippen LogP contribution in [0.3, 0.4) is 0 Å². The first kappa shape index (κ1) is 12.6. The molecular weight excluding hydrogens is 247 g/mol. The Balaban J connectivity index is 2.06. The van der Waals surface area contributed by atoms with Crippen LogP contribution in [0.15, 0.2) is 35.7 Å². The standard InChI is InChI=1S/C14H13FN2S/c1-17(5-4-14-3-2-6-18-14)13-8-11(10-16)7-12(15)9-13/h2-3,6-9H,4-5H2,1H3. The maximum Gasteiger partial charge on any atom is 0.126 e. The molecule has 0 saturated carbocycles. The summed E-state index contributed by atoms with van der Waals surface area (Å²) in [6.45, 7) is 0.800. The molecule has 0 aliphatic carbocycles. The van der Waals surface area contributed by atoms with Crippen LogP contribution in [-0.4, -0.2) is 13.6 Å². The van der Waals surface area contributed by atoms with Crippen molar-refractivity contribution in [3.05, 3.63) is 52.0 Å². The lowest BCUT2D eigenvalue weighted by atomic mass is 10.2. The van der Waals surface area contributed by atoms with E-state index in [1.54, 1.807) is 17.4 Å². The fraction of sp³-hybridized carbons (Fsp3) is 0.214. The molecule has 0 N–H and O–H groups in total. The molecule has 0 aliphatic heterocycles. The molecule has 0 radical (unpaired) electrons. The SMILES string of the molecule is CN(CCc1cccs1)c1cc(F)cc(C#N)c1. The lowest BCUT2D eigenvalue weighted by molar-refractivity contribution is 0.626. The molecule has 0 atom stereocenters. The van der Waals surface area contributed by atoms with Gasteiger partial charge in [0.2, 0.25) is 0 Å². The largest absolute Gasteiger partial charge is 0.374 e. The molecule has 2 aromatic rings. The van der Waals surface area contributed by atoms with Crippen molar-refractivity contribution in [1.82, 2.24) is 0 Å². The average molecular weight is 260 g/mol. The third-order valence-corrected chi connectivity index (χ3v) is 3.66. The molecular formula is C14H13FN2S. The topological polar surface area (TPSA) is 27.0 Å². The van der Waals surface area contributed by atoms with Crippen molar-refractivity contribution in [3.8, 4) is 6.07 Å². The number of rotatable bonds is 4. The normalized spacial score (nSPS) is 10.1. The van der Waals surface area contributed by atoms with Crippen LogP contribution in [0, 0.1) is 17.1 Å². The molecule has 0 fully saturated rings. The first-order valence-electron chi connectivity index (χ1n) is 5.63. The van der Waals surface area contributed by atoms with Gasteiger partial charge in [-0.1, -0.05) is 6.07 Å². The number of benzene rings is 1. The minimum atomic E-state index is -0.368. The van der Waals surface area contributed by atoms with Gasteiger partial charge in [0.25, 0.3) is 0 Å². The van der Waals surface area contributed by atoms with Gasteiger partial charge in [-0.2, -0.15) is 5.26 Å². The molecule has 1 aromatic carbocycles. The third-order valence-electron chi connectivity index (χ3n) is 2.73. The van der Waals surface area contributed by atoms with Gasteiger partial charge in [-0.25, -0.2) is 4.39 Å². The van der Waals surface area contributed by atoms with E-state index in [-0.39, 0.29) is 5.82 Å². The summed E-state index contributed by atoms with van der Waals surface area (Å²) < 4.78 is 13.3. The third kappa shape index (κ3) is 3.08. The second-order valence-electron chi connectivity index (χ2n) is 4.06. The molecule has 92 valence electrons. The Kier molecular flexibility index (Phi) is 3.96. The molecule has 0 spiro atoms. The predicted octanol–water partition coefficient (Wildman–Crippen LogP) is 3.44. The van der Waals surface area contributed by atoms with Gasteiger partial charge in [-0.3, -0.25) is 0 Å². The summed E-state index contributed by atoms with van der Waals surface area (Å²) in [5, 5.41) is 10.9. The molecule has 1 aromatic heterocycles. The van der Waals surface area contributed by atoms with Crippen molar-refractivity contribution in [3.63, 3.8) is 0 Å². The summed E-state index contributed by atoms with van der Waals surface area (Å²) in [6.07, 6.45) is 0.923. The predicted molar refractivity (Wildman–Crippen MR) is 72.4 cm³/mol. The van der Waals surface area contributed by atoms with Gasteiger partial charge in [-0.15, -0.1) is 11.3 Å². The molecule has 18 heavy (non-hydrogen) atoms. The van der Waals surface area contributed by atoms with Gasteiger partial charge in [0.1, 0.15) is 5.82 Å². The molecule has 0 saturated heterocycles. The molecule has 0 unspecified atom stereocenters. The minimum Gasteiger partial charge on any atom is -0.374 e. The summed E-state index contributed by atoms with van der Waals surface area (Å²) in [5.74, 6) is -0.368. The summed E-state index contributed by atoms with van der Waals surface area (Å²) >= 11 is 1.72. The maximum absolute atomic E-state index is 13.3. The van der Waals surface area contributed by atoms with Crippen molar-refractivity contribution >= 4 is 17.0 Å². The highest BCUT2D eigenvalue weighted by Gasteiger charge is 2.05. The number of halogens is 1. The van der Waals surface area contributed by atoms with Crippen molar-refractivity contribution in [2.24, 2.45) is 0 Å². The van der Waals surface area contributed by atoms with Gasteiger partial charge in [-0.05, 0) is 36.1 Å². The molecule has 0 aliphatic rings. The Hall–Kier alpha value is -1.86. The molecule has 2 rings (SSSR count). The van der Waals surface area contributed by atoms with Gasteiger partial charge in [0.05, 0.1) is 11.6 Å². The molecule has 0 amide bonds. The van der Waals surface area contributed by atoms with Gasteiger partial charge < -0.3 is 4.90 Å². The van der Waals surface area contributed by atoms with Crippen LogP contribution in [0.2, 0.25) is 0 Å². The van der Waals surface area contributed by atoms with Crippen LogP contribution >= 0.6 is 11.3 Å². The smallest absolute Gasteiger partial charge is 0.126 e. The monoisotopic (exact) mass is 260 g/mol. The van der Waals surface area contributed by atoms with Crippen LogP contribution < -0.4 is 4.90 Å². The van der Waals surface area contributed by atoms with E-state index >= 15 is 0 Å². The second-order valence-corrected chi connectivity index (χ2v) is 5.09. The number of anilines is 1. The number of hydrogen-bond acceptors (Lipinski definition) is 3. The zero-order valence-corrected chi connectivity index (χ0v) is 10.9. The lowest BCUT2D eigenvalue weighted by Gasteiger charge is -2.19. The van der Waals surface area contributed by atoms with Gasteiger partial charge in [0, 0.05) is 24.2 Å². The Morgan fingerprint density at radius 2 is 2.22 bits per heavy atom. The number of likely N-dealkylation sites (N-methyl/N-ethyl adjacent to an activating group) is 1. The number of nitriles is 1. The van der Waals surface area contributed by atoms with Crippen LogP contribution in [0.4, 0.5) is 10.1 Å². The molecule has 2 nitrogen and oxygen atoms in total. The first-order valence-corrected chi connectivity index (χ1v) is 6.51. The van der Waals surface area contributed by atoms with E-state index in [2.05, 4.69) is 6.07 Å². The zero-order chi connectivity index (χ0) is 13.0. The second kappa shape index (κ2) is 5.65. The van der Waals surface area contributed by atoms with E-state index in [0.29, 0.717) is 5.56 Å². The number of nitrogens with zero attached hydrogens (tertiary/aromatic N) is 2. The fourth-order valence-corrected chi connectivity index (χ4v) is 2.42. The van der Waals surface area contributed by atoms with E-state index < -0.39 is 0 Å². The Bertz CT molecular complexity index is 558. The average Bonchev–Trinajstić information content (AvgIpc) is 2.88.